The van der Waals surface area contributed by atoms with E-state index in [1.165, 1.54) is 0 Å². The highest BCUT2D eigenvalue weighted by Crippen LogP contribution is 2.28. The van der Waals surface area contributed by atoms with Gasteiger partial charge in [0.15, 0.2) is 0 Å². The van der Waals surface area contributed by atoms with Crippen LogP contribution in [0.3, 0.4) is 0 Å². The summed E-state index contributed by atoms with van der Waals surface area (Å²) in [4.78, 5) is 4.38. The van der Waals surface area contributed by atoms with E-state index < -0.39 is 12.2 Å². The van der Waals surface area contributed by atoms with Gasteiger partial charge in [-0.25, -0.2) is 0 Å². The Bertz CT molecular complexity index is 635. The minimum Gasteiger partial charge on any atom is -0.497 e. The van der Waals surface area contributed by atoms with Crippen LogP contribution in [0.4, 0.5) is 5.69 Å². The Morgan fingerprint density at radius 2 is 1.82 bits per heavy atom. The average molecular weight is 302 g/mol. The van der Waals surface area contributed by atoms with Crippen molar-refractivity contribution in [1.82, 2.24) is 4.98 Å². The van der Waals surface area contributed by atoms with Crippen molar-refractivity contribution in [1.29, 1.82) is 0 Å². The van der Waals surface area contributed by atoms with Gasteiger partial charge in [0.25, 0.3) is 0 Å². The maximum absolute atomic E-state index is 9.78. The molecule has 0 bridgehead atoms. The number of nitrogens with one attached hydrogen (secondary N) is 1. The lowest BCUT2D eigenvalue weighted by molar-refractivity contribution is 0.0157. The number of pyridine rings is 1. The molecule has 3 N–H and O–H groups in total. The first-order valence-corrected chi connectivity index (χ1v) is 7.73. The summed E-state index contributed by atoms with van der Waals surface area (Å²) in [6, 6.07) is 8.02. The molecule has 0 saturated heterocycles. The molecule has 1 aliphatic rings. The van der Waals surface area contributed by atoms with Gasteiger partial charge < -0.3 is 20.3 Å². The third-order valence-electron chi connectivity index (χ3n) is 4.37. The van der Waals surface area contributed by atoms with Crippen LogP contribution in [0.1, 0.15) is 25.7 Å². The van der Waals surface area contributed by atoms with Crippen LogP contribution in [0.25, 0.3) is 10.9 Å². The minimum absolute atomic E-state index is 0.239. The number of rotatable bonds is 3. The summed E-state index contributed by atoms with van der Waals surface area (Å²) in [6.07, 6.45) is 3.48. The number of ether oxygens (including phenoxy) is 1. The van der Waals surface area contributed by atoms with Crippen LogP contribution >= 0.6 is 0 Å². The van der Waals surface area contributed by atoms with E-state index in [1.807, 2.05) is 24.3 Å². The highest BCUT2D eigenvalue weighted by atomic mass is 16.5. The first kappa shape index (κ1) is 15.1. The fourth-order valence-electron chi connectivity index (χ4n) is 3.02. The van der Waals surface area contributed by atoms with Crippen LogP contribution < -0.4 is 10.1 Å². The molecular formula is C17H22N2O3. The number of hydrogen-bond donors (Lipinski definition) is 3. The third-order valence-corrected chi connectivity index (χ3v) is 4.37. The number of fused-ring (bicyclic) bond motifs is 1. The maximum Gasteiger partial charge on any atom is 0.119 e. The quantitative estimate of drug-likeness (QED) is 0.759. The Balaban J connectivity index is 1.84. The molecule has 5 heteroatoms. The van der Waals surface area contributed by atoms with Crippen LogP contribution in [0.15, 0.2) is 30.5 Å². The highest BCUT2D eigenvalue weighted by Gasteiger charge is 2.24. The number of aliphatic hydroxyl groups excluding tert-OH is 2. The lowest BCUT2D eigenvalue weighted by Gasteiger charge is -2.19. The Morgan fingerprint density at radius 3 is 2.50 bits per heavy atom. The third kappa shape index (κ3) is 3.15. The van der Waals surface area contributed by atoms with E-state index in [1.54, 1.807) is 13.3 Å². The number of anilines is 1. The lowest BCUT2D eigenvalue weighted by Crippen LogP contribution is -2.23. The summed E-state index contributed by atoms with van der Waals surface area (Å²) in [5, 5.41) is 24.1. The molecule has 3 rings (SSSR count). The summed E-state index contributed by atoms with van der Waals surface area (Å²) in [5.74, 6) is 0.801. The molecule has 1 aromatic heterocycles. The Morgan fingerprint density at radius 1 is 1.09 bits per heavy atom. The van der Waals surface area contributed by atoms with Crippen LogP contribution in [-0.4, -0.2) is 40.6 Å². The number of hydrogen-bond acceptors (Lipinski definition) is 5. The lowest BCUT2D eigenvalue weighted by atomic mass is 10.1. The molecule has 3 atom stereocenters. The zero-order valence-corrected chi connectivity index (χ0v) is 12.7. The van der Waals surface area contributed by atoms with Gasteiger partial charge in [0.2, 0.25) is 0 Å². The Labute approximate surface area is 129 Å². The van der Waals surface area contributed by atoms with Crippen molar-refractivity contribution in [3.05, 3.63) is 30.5 Å². The molecule has 0 aliphatic heterocycles. The van der Waals surface area contributed by atoms with Gasteiger partial charge in [0.1, 0.15) is 5.75 Å². The molecule has 0 spiro atoms. The van der Waals surface area contributed by atoms with Crippen molar-refractivity contribution in [3.63, 3.8) is 0 Å². The molecule has 0 radical (unpaired) electrons. The van der Waals surface area contributed by atoms with E-state index in [9.17, 15) is 10.2 Å². The average Bonchev–Trinajstić information content (AvgIpc) is 2.70. The smallest absolute Gasteiger partial charge is 0.119 e. The van der Waals surface area contributed by atoms with Crippen molar-refractivity contribution in [3.8, 4) is 5.75 Å². The van der Waals surface area contributed by atoms with E-state index in [2.05, 4.69) is 10.3 Å². The van der Waals surface area contributed by atoms with E-state index in [-0.39, 0.29) is 6.04 Å². The zero-order valence-electron chi connectivity index (χ0n) is 12.7. The van der Waals surface area contributed by atoms with Crippen LogP contribution in [0.5, 0.6) is 5.75 Å². The van der Waals surface area contributed by atoms with Crippen molar-refractivity contribution in [2.24, 2.45) is 0 Å². The molecule has 1 saturated carbocycles. The molecule has 1 fully saturated rings. The van der Waals surface area contributed by atoms with Gasteiger partial charge in [0, 0.05) is 23.3 Å². The minimum atomic E-state index is -0.610. The number of methoxy groups -OCH3 is 1. The normalized spacial score (nSPS) is 25.7. The monoisotopic (exact) mass is 302 g/mol. The number of nitrogens with zero attached hydrogens (tertiary/aromatic N) is 1. The van der Waals surface area contributed by atoms with Gasteiger partial charge in [-0.3, -0.25) is 4.98 Å². The fraction of sp³-hybridized carbons (Fsp3) is 0.471. The van der Waals surface area contributed by atoms with Crippen molar-refractivity contribution in [2.75, 3.05) is 12.4 Å². The standard InChI is InChI=1S/C17H22N2O3/c1-22-12-4-5-14-13(10-12)15(8-9-18-14)19-11-2-6-16(20)17(21)7-3-11/h4-5,8-11,16-17,20-21H,2-3,6-7H2,1H3,(H,18,19)/t11?,16-,17+. The fourth-order valence-corrected chi connectivity index (χ4v) is 3.02. The van der Waals surface area contributed by atoms with Crippen molar-refractivity contribution in [2.45, 2.75) is 43.9 Å². The number of aromatic nitrogens is 1. The number of benzene rings is 1. The van der Waals surface area contributed by atoms with Crippen molar-refractivity contribution < 1.29 is 14.9 Å². The largest absolute Gasteiger partial charge is 0.497 e. The molecule has 22 heavy (non-hydrogen) atoms. The topological polar surface area (TPSA) is 74.6 Å². The second-order valence-corrected chi connectivity index (χ2v) is 5.87. The van der Waals surface area contributed by atoms with E-state index in [0.717, 1.165) is 35.2 Å². The van der Waals surface area contributed by atoms with Gasteiger partial charge in [-0.2, -0.15) is 0 Å². The van der Waals surface area contributed by atoms with Crippen LogP contribution in [-0.2, 0) is 0 Å². The van der Waals surface area contributed by atoms with Gasteiger partial charge >= 0.3 is 0 Å². The van der Waals surface area contributed by atoms with E-state index in [4.69, 9.17) is 4.74 Å². The summed E-state index contributed by atoms with van der Waals surface area (Å²) in [7, 11) is 1.65. The predicted molar refractivity (Wildman–Crippen MR) is 86.2 cm³/mol. The number of aliphatic hydroxyl groups is 2. The molecule has 2 aromatic rings. The molecule has 1 aliphatic carbocycles. The first-order valence-electron chi connectivity index (χ1n) is 7.73. The summed E-state index contributed by atoms with van der Waals surface area (Å²) in [6.45, 7) is 0. The maximum atomic E-state index is 9.78. The predicted octanol–water partition coefficient (Wildman–Crippen LogP) is 2.32. The Hall–Kier alpha value is -1.85. The van der Waals surface area contributed by atoms with E-state index in [0.29, 0.717) is 12.8 Å². The molecule has 1 unspecified atom stereocenters. The summed E-state index contributed by atoms with van der Waals surface area (Å²) in [5.41, 5.74) is 1.93. The molecular weight excluding hydrogens is 280 g/mol. The molecule has 1 aromatic carbocycles. The van der Waals surface area contributed by atoms with Gasteiger partial charge in [-0.05, 0) is 49.9 Å². The van der Waals surface area contributed by atoms with Crippen LogP contribution in [0.2, 0.25) is 0 Å². The van der Waals surface area contributed by atoms with Crippen molar-refractivity contribution >= 4 is 16.6 Å². The molecule has 118 valence electrons. The molecule has 0 amide bonds. The van der Waals surface area contributed by atoms with Gasteiger partial charge in [-0.15, -0.1) is 0 Å². The summed E-state index contributed by atoms with van der Waals surface area (Å²) >= 11 is 0. The second kappa shape index (κ2) is 6.50. The van der Waals surface area contributed by atoms with E-state index >= 15 is 0 Å². The SMILES string of the molecule is COc1ccc2nccc(NC3CC[C@@H](O)[C@@H](O)CC3)c2c1. The first-order chi connectivity index (χ1) is 10.7. The molecule has 5 nitrogen and oxygen atoms in total. The second-order valence-electron chi connectivity index (χ2n) is 5.87. The van der Waals surface area contributed by atoms with Crippen LogP contribution in [0, 0.1) is 0 Å². The van der Waals surface area contributed by atoms with Gasteiger partial charge in [-0.1, -0.05) is 0 Å². The van der Waals surface area contributed by atoms with Gasteiger partial charge in [0.05, 0.1) is 24.8 Å². The zero-order chi connectivity index (χ0) is 15.5. The highest BCUT2D eigenvalue weighted by molar-refractivity contribution is 5.92. The Kier molecular flexibility index (Phi) is 4.45. The summed E-state index contributed by atoms with van der Waals surface area (Å²) < 4.78 is 5.29. The molecule has 1 heterocycles.